The molecule has 0 saturated carbocycles. The van der Waals surface area contributed by atoms with Crippen LogP contribution in [0.4, 0.5) is 0 Å². The molecule has 2 aliphatic rings. The molecule has 1 atom stereocenters. The second kappa shape index (κ2) is 7.04. The zero-order valence-corrected chi connectivity index (χ0v) is 12.2. The molecule has 2 N–H and O–H groups in total. The highest BCUT2D eigenvalue weighted by Crippen LogP contribution is 2.26. The van der Waals surface area contributed by atoms with Gasteiger partial charge in [-0.05, 0) is 39.3 Å². The van der Waals surface area contributed by atoms with Crippen LogP contribution in [0.3, 0.4) is 0 Å². The minimum Gasteiger partial charge on any atom is -0.480 e. The van der Waals surface area contributed by atoms with Crippen molar-refractivity contribution >= 4 is 11.9 Å². The molecule has 20 heavy (non-hydrogen) atoms. The topological polar surface area (TPSA) is 72.9 Å². The molecular weight excluding hydrogens is 258 g/mol. The fourth-order valence-corrected chi connectivity index (χ4v) is 3.33. The van der Waals surface area contributed by atoms with Crippen molar-refractivity contribution in [2.45, 2.75) is 44.2 Å². The number of rotatable bonds is 5. The minimum atomic E-state index is -0.699. The summed E-state index contributed by atoms with van der Waals surface area (Å²) in [6, 6.07) is 0.0125. The first-order valence-corrected chi connectivity index (χ1v) is 7.54. The van der Waals surface area contributed by atoms with Gasteiger partial charge in [0.25, 0.3) is 0 Å². The lowest BCUT2D eigenvalue weighted by atomic mass is 10.0. The van der Waals surface area contributed by atoms with E-state index in [1.165, 1.54) is 0 Å². The number of carboxylic acid groups (broad SMARTS) is 1. The summed E-state index contributed by atoms with van der Waals surface area (Å²) in [5, 5.41) is 12.2. The van der Waals surface area contributed by atoms with Crippen LogP contribution in [0.25, 0.3) is 0 Å². The third-order valence-electron chi connectivity index (χ3n) is 4.45. The average molecular weight is 283 g/mol. The van der Waals surface area contributed by atoms with Gasteiger partial charge in [-0.3, -0.25) is 14.5 Å². The molecule has 2 saturated heterocycles. The second-order valence-corrected chi connectivity index (χ2v) is 5.70. The number of carboxylic acids is 1. The number of piperidine rings is 1. The zero-order valence-electron chi connectivity index (χ0n) is 12.2. The lowest BCUT2D eigenvalue weighted by Crippen LogP contribution is -2.50. The highest BCUT2D eigenvalue weighted by Gasteiger charge is 2.37. The average Bonchev–Trinajstić information content (AvgIpc) is 2.94. The Kier molecular flexibility index (Phi) is 5.37. The number of nitrogens with one attached hydrogen (secondary N) is 1. The second-order valence-electron chi connectivity index (χ2n) is 5.70. The molecule has 0 aromatic carbocycles. The first-order chi connectivity index (χ1) is 9.63. The van der Waals surface area contributed by atoms with Crippen LogP contribution in [-0.2, 0) is 9.59 Å². The number of nitrogens with zero attached hydrogens (tertiary/aromatic N) is 2. The Morgan fingerprint density at radius 1 is 1.20 bits per heavy atom. The van der Waals surface area contributed by atoms with Crippen LogP contribution in [0.2, 0.25) is 0 Å². The molecular formula is C14H25N3O3. The van der Waals surface area contributed by atoms with Gasteiger partial charge in [0, 0.05) is 32.1 Å². The molecule has 114 valence electrons. The molecule has 0 aromatic rings. The summed E-state index contributed by atoms with van der Waals surface area (Å²) in [7, 11) is 1.85. The number of aliphatic carboxylic acids is 1. The van der Waals surface area contributed by atoms with Gasteiger partial charge in [-0.25, -0.2) is 0 Å². The van der Waals surface area contributed by atoms with Crippen molar-refractivity contribution in [3.63, 3.8) is 0 Å². The highest BCUT2D eigenvalue weighted by atomic mass is 16.4. The van der Waals surface area contributed by atoms with Crippen LogP contribution in [0.15, 0.2) is 0 Å². The molecule has 1 unspecified atom stereocenters. The van der Waals surface area contributed by atoms with Crippen molar-refractivity contribution < 1.29 is 14.7 Å². The minimum absolute atomic E-state index is 0.203. The van der Waals surface area contributed by atoms with Crippen LogP contribution in [0.1, 0.15) is 32.1 Å². The molecule has 0 bridgehead atoms. The molecule has 2 rings (SSSR count). The summed E-state index contributed by atoms with van der Waals surface area (Å²) in [5.41, 5.74) is 0. The molecule has 2 fully saturated rings. The van der Waals surface area contributed by atoms with Gasteiger partial charge < -0.3 is 15.3 Å². The van der Waals surface area contributed by atoms with Gasteiger partial charge >= 0.3 is 5.97 Å². The molecule has 2 aliphatic heterocycles. The van der Waals surface area contributed by atoms with Crippen molar-refractivity contribution in [2.75, 3.05) is 33.2 Å². The van der Waals surface area contributed by atoms with E-state index in [2.05, 4.69) is 10.2 Å². The van der Waals surface area contributed by atoms with Gasteiger partial charge in [0.05, 0.1) is 0 Å². The van der Waals surface area contributed by atoms with Gasteiger partial charge in [-0.1, -0.05) is 0 Å². The molecule has 2 heterocycles. The van der Waals surface area contributed by atoms with E-state index in [1.54, 1.807) is 0 Å². The van der Waals surface area contributed by atoms with Gasteiger partial charge in [-0.2, -0.15) is 0 Å². The fraction of sp³-hybridized carbons (Fsp3) is 0.857. The Morgan fingerprint density at radius 2 is 1.90 bits per heavy atom. The Balaban J connectivity index is 1.82. The molecule has 1 amide bonds. The van der Waals surface area contributed by atoms with E-state index in [4.69, 9.17) is 0 Å². The first kappa shape index (κ1) is 15.3. The summed E-state index contributed by atoms with van der Waals surface area (Å²) in [6.07, 6.45) is 4.07. The Hall–Kier alpha value is -1.14. The number of carbonyl (C=O) groups is 2. The van der Waals surface area contributed by atoms with Crippen LogP contribution in [0, 0.1) is 0 Å². The lowest BCUT2D eigenvalue weighted by molar-refractivity contribution is -0.144. The van der Waals surface area contributed by atoms with Crippen LogP contribution < -0.4 is 5.32 Å². The quantitative estimate of drug-likeness (QED) is 0.750. The number of hydrogen-bond acceptors (Lipinski definition) is 4. The van der Waals surface area contributed by atoms with Crippen molar-refractivity contribution in [1.82, 2.24) is 15.1 Å². The zero-order chi connectivity index (χ0) is 14.5. The summed E-state index contributed by atoms with van der Waals surface area (Å²) >= 11 is 0. The van der Waals surface area contributed by atoms with E-state index < -0.39 is 5.97 Å². The van der Waals surface area contributed by atoms with Crippen molar-refractivity contribution in [3.8, 4) is 0 Å². The predicted molar refractivity (Wildman–Crippen MR) is 75.5 cm³/mol. The summed E-state index contributed by atoms with van der Waals surface area (Å²) in [4.78, 5) is 27.2. The lowest BCUT2D eigenvalue weighted by Gasteiger charge is -2.38. The predicted octanol–water partition coefficient (Wildman–Crippen LogP) is 0.136. The standard InChI is InChI=1S/C14H25N3O3/c1-15-7-4-13(18)16-9-5-11(6-10-16)17-8-2-3-12(17)14(19)20/h11-12,15H,2-10H2,1H3,(H,19,20). The SMILES string of the molecule is CNCCC(=O)N1CCC(N2CCCC2C(=O)O)CC1. The molecule has 0 spiro atoms. The maximum absolute atomic E-state index is 11.9. The highest BCUT2D eigenvalue weighted by molar-refractivity contribution is 5.76. The molecule has 6 nitrogen and oxygen atoms in total. The van der Waals surface area contributed by atoms with Gasteiger partial charge in [0.1, 0.15) is 6.04 Å². The Bertz CT molecular complexity index is 354. The van der Waals surface area contributed by atoms with Crippen LogP contribution >= 0.6 is 0 Å². The van der Waals surface area contributed by atoms with Gasteiger partial charge in [0.15, 0.2) is 0 Å². The van der Waals surface area contributed by atoms with Crippen molar-refractivity contribution in [2.24, 2.45) is 0 Å². The summed E-state index contributed by atoms with van der Waals surface area (Å²) in [5.74, 6) is -0.496. The third-order valence-corrected chi connectivity index (χ3v) is 4.45. The maximum Gasteiger partial charge on any atom is 0.320 e. The van der Waals surface area contributed by atoms with Crippen molar-refractivity contribution in [3.05, 3.63) is 0 Å². The van der Waals surface area contributed by atoms with Gasteiger partial charge in [0.2, 0.25) is 5.91 Å². The number of amides is 1. The third kappa shape index (κ3) is 3.49. The molecule has 0 aromatic heterocycles. The Morgan fingerprint density at radius 3 is 2.50 bits per heavy atom. The monoisotopic (exact) mass is 283 g/mol. The summed E-state index contributed by atoms with van der Waals surface area (Å²) < 4.78 is 0. The van der Waals surface area contributed by atoms with E-state index in [0.29, 0.717) is 19.0 Å². The first-order valence-electron chi connectivity index (χ1n) is 7.54. The summed E-state index contributed by atoms with van der Waals surface area (Å²) in [6.45, 7) is 3.12. The van der Waals surface area contributed by atoms with E-state index in [9.17, 15) is 14.7 Å². The molecule has 0 radical (unpaired) electrons. The van der Waals surface area contributed by atoms with Crippen LogP contribution in [0.5, 0.6) is 0 Å². The molecule has 0 aliphatic carbocycles. The molecule has 6 heteroatoms. The van der Waals surface area contributed by atoms with E-state index in [-0.39, 0.29) is 11.9 Å². The number of carbonyl (C=O) groups excluding carboxylic acids is 1. The van der Waals surface area contributed by atoms with E-state index in [0.717, 1.165) is 45.3 Å². The van der Waals surface area contributed by atoms with Gasteiger partial charge in [-0.15, -0.1) is 0 Å². The largest absolute Gasteiger partial charge is 0.480 e. The van der Waals surface area contributed by atoms with E-state index >= 15 is 0 Å². The normalized spacial score (nSPS) is 25.1. The van der Waals surface area contributed by atoms with Crippen LogP contribution in [-0.4, -0.2) is 72.1 Å². The Labute approximate surface area is 120 Å². The maximum atomic E-state index is 11.9. The fourth-order valence-electron chi connectivity index (χ4n) is 3.33. The van der Waals surface area contributed by atoms with E-state index in [1.807, 2.05) is 11.9 Å². The smallest absolute Gasteiger partial charge is 0.320 e. The van der Waals surface area contributed by atoms with Crippen molar-refractivity contribution in [1.29, 1.82) is 0 Å². The number of likely N-dealkylation sites (tertiary alicyclic amines) is 2. The number of hydrogen-bond donors (Lipinski definition) is 2.